The summed E-state index contributed by atoms with van der Waals surface area (Å²) in [6.07, 6.45) is 6.32. The third-order valence-corrected chi connectivity index (χ3v) is 6.85. The van der Waals surface area contributed by atoms with Crippen LogP contribution in [0, 0.1) is 22.0 Å². The summed E-state index contributed by atoms with van der Waals surface area (Å²) in [5, 5.41) is 13.2. The van der Waals surface area contributed by atoms with Gasteiger partial charge in [-0.05, 0) is 54.5 Å². The van der Waals surface area contributed by atoms with Crippen molar-refractivity contribution < 1.29 is 0 Å². The van der Waals surface area contributed by atoms with E-state index in [0.717, 1.165) is 18.4 Å². The Balaban J connectivity index is 2.18. The molecule has 4 atom stereocenters. The fourth-order valence-corrected chi connectivity index (χ4v) is 5.27. The number of aromatic amines is 1. The SMILES string of the molecule is C=CC1(C)CCC(C(=C)C)C(c2c[nH]c3ccccc23)C1SC#N. The average Bonchev–Trinajstić information content (AvgIpc) is 3.00. The highest BCUT2D eigenvalue weighted by Crippen LogP contribution is 2.55. The van der Waals surface area contributed by atoms with E-state index in [1.54, 1.807) is 0 Å². The summed E-state index contributed by atoms with van der Waals surface area (Å²) in [4.78, 5) is 3.41. The van der Waals surface area contributed by atoms with Crippen LogP contribution < -0.4 is 0 Å². The first-order valence-electron chi connectivity index (χ1n) is 8.41. The van der Waals surface area contributed by atoms with Gasteiger partial charge in [0, 0.05) is 28.3 Å². The molecule has 1 saturated carbocycles. The molecule has 0 radical (unpaired) electrons. The van der Waals surface area contributed by atoms with E-state index in [9.17, 15) is 5.26 Å². The smallest absolute Gasteiger partial charge is 0.133 e. The van der Waals surface area contributed by atoms with Crippen molar-refractivity contribution in [1.82, 2.24) is 4.98 Å². The van der Waals surface area contributed by atoms with Gasteiger partial charge in [0.1, 0.15) is 5.40 Å². The van der Waals surface area contributed by atoms with E-state index in [4.69, 9.17) is 0 Å². The number of H-pyrrole nitrogens is 1. The summed E-state index contributed by atoms with van der Waals surface area (Å²) >= 11 is 1.40. The average molecular weight is 337 g/mol. The molecule has 1 aliphatic rings. The van der Waals surface area contributed by atoms with Gasteiger partial charge < -0.3 is 4.98 Å². The van der Waals surface area contributed by atoms with Crippen molar-refractivity contribution in [3.63, 3.8) is 0 Å². The molecule has 3 rings (SSSR count). The van der Waals surface area contributed by atoms with Gasteiger partial charge in [-0.3, -0.25) is 0 Å². The van der Waals surface area contributed by atoms with E-state index in [-0.39, 0.29) is 16.6 Å². The maximum Gasteiger partial charge on any atom is 0.133 e. The quantitative estimate of drug-likeness (QED) is 0.548. The minimum Gasteiger partial charge on any atom is -0.361 e. The molecule has 2 aromatic rings. The van der Waals surface area contributed by atoms with Crippen molar-refractivity contribution in [3.8, 4) is 5.40 Å². The van der Waals surface area contributed by atoms with Crippen LogP contribution in [-0.2, 0) is 0 Å². The lowest BCUT2D eigenvalue weighted by molar-refractivity contribution is 0.223. The third kappa shape index (κ3) is 2.70. The number of thiocyanates is 1. The molecular formula is C21H24N2S. The monoisotopic (exact) mass is 336 g/mol. The number of hydrogen-bond donors (Lipinski definition) is 1. The Labute approximate surface area is 148 Å². The molecule has 24 heavy (non-hydrogen) atoms. The van der Waals surface area contributed by atoms with Crippen molar-refractivity contribution in [2.45, 2.75) is 37.9 Å². The van der Waals surface area contributed by atoms with Crippen LogP contribution in [0.1, 0.15) is 38.2 Å². The Morgan fingerprint density at radius 2 is 2.21 bits per heavy atom. The topological polar surface area (TPSA) is 39.6 Å². The number of para-hydroxylation sites is 1. The highest BCUT2D eigenvalue weighted by molar-refractivity contribution is 8.04. The predicted molar refractivity (Wildman–Crippen MR) is 104 cm³/mol. The van der Waals surface area contributed by atoms with E-state index < -0.39 is 0 Å². The van der Waals surface area contributed by atoms with Crippen LogP contribution in [0.3, 0.4) is 0 Å². The molecular weight excluding hydrogens is 312 g/mol. The lowest BCUT2D eigenvalue weighted by atomic mass is 9.62. The maximum atomic E-state index is 9.45. The van der Waals surface area contributed by atoms with E-state index >= 15 is 0 Å². The zero-order chi connectivity index (χ0) is 17.3. The molecule has 0 aliphatic heterocycles. The van der Waals surface area contributed by atoms with Gasteiger partial charge >= 0.3 is 0 Å². The Hall–Kier alpha value is -1.92. The Morgan fingerprint density at radius 1 is 1.46 bits per heavy atom. The normalized spacial score (nSPS) is 30.0. The summed E-state index contributed by atoms with van der Waals surface area (Å²) in [6, 6.07) is 8.41. The number of aromatic nitrogens is 1. The second kappa shape index (κ2) is 6.53. The maximum absolute atomic E-state index is 9.45. The minimum atomic E-state index is -0.0462. The van der Waals surface area contributed by atoms with Crippen molar-refractivity contribution >= 4 is 22.7 Å². The summed E-state index contributed by atoms with van der Waals surface area (Å²) in [6.45, 7) is 12.7. The van der Waals surface area contributed by atoms with Crippen LogP contribution >= 0.6 is 11.8 Å². The van der Waals surface area contributed by atoms with Crippen LogP contribution in [0.25, 0.3) is 10.9 Å². The second-order valence-electron chi connectivity index (χ2n) is 7.15. The third-order valence-electron chi connectivity index (χ3n) is 5.66. The zero-order valence-electron chi connectivity index (χ0n) is 14.4. The molecule has 1 heterocycles. The molecule has 4 unspecified atom stereocenters. The van der Waals surface area contributed by atoms with Crippen molar-refractivity contribution in [2.24, 2.45) is 11.3 Å². The number of allylic oxidation sites excluding steroid dienone is 2. The second-order valence-corrected chi connectivity index (χ2v) is 8.07. The van der Waals surface area contributed by atoms with Gasteiger partial charge in [-0.1, -0.05) is 43.4 Å². The number of nitrogens with zero attached hydrogens (tertiary/aromatic N) is 1. The van der Waals surface area contributed by atoms with Crippen LogP contribution in [0.2, 0.25) is 0 Å². The van der Waals surface area contributed by atoms with Crippen LogP contribution in [0.5, 0.6) is 0 Å². The molecule has 1 aliphatic carbocycles. The highest BCUT2D eigenvalue weighted by Gasteiger charge is 2.47. The van der Waals surface area contributed by atoms with E-state index in [1.807, 2.05) is 0 Å². The molecule has 3 heteroatoms. The van der Waals surface area contributed by atoms with Gasteiger partial charge in [-0.25, -0.2) is 0 Å². The largest absolute Gasteiger partial charge is 0.361 e. The Kier molecular flexibility index (Phi) is 4.60. The van der Waals surface area contributed by atoms with Crippen molar-refractivity contribution in [1.29, 1.82) is 5.26 Å². The zero-order valence-corrected chi connectivity index (χ0v) is 15.2. The van der Waals surface area contributed by atoms with E-state index in [0.29, 0.717) is 5.92 Å². The number of hydrogen-bond acceptors (Lipinski definition) is 2. The number of thioether (sulfide) groups is 1. The molecule has 0 saturated heterocycles. The molecule has 1 N–H and O–H groups in total. The first kappa shape index (κ1) is 16.9. The molecule has 0 bridgehead atoms. The van der Waals surface area contributed by atoms with Crippen molar-refractivity contribution in [2.75, 3.05) is 0 Å². The van der Waals surface area contributed by atoms with Crippen LogP contribution in [0.15, 0.2) is 55.3 Å². The lowest BCUT2D eigenvalue weighted by Crippen LogP contribution is -2.41. The van der Waals surface area contributed by atoms with Crippen LogP contribution in [0.4, 0.5) is 0 Å². The van der Waals surface area contributed by atoms with Gasteiger partial charge in [-0.15, -0.1) is 6.58 Å². The summed E-state index contributed by atoms with van der Waals surface area (Å²) in [7, 11) is 0. The van der Waals surface area contributed by atoms with Crippen molar-refractivity contribution in [3.05, 3.63) is 60.8 Å². The van der Waals surface area contributed by atoms with Crippen LogP contribution in [-0.4, -0.2) is 10.2 Å². The Bertz CT molecular complexity index is 813. The molecule has 0 spiro atoms. The predicted octanol–water partition coefficient (Wildman–Crippen LogP) is 6.01. The summed E-state index contributed by atoms with van der Waals surface area (Å²) in [5.41, 5.74) is 3.62. The number of rotatable bonds is 4. The van der Waals surface area contributed by atoms with E-state index in [2.05, 4.69) is 73.9 Å². The molecule has 2 nitrogen and oxygen atoms in total. The molecule has 124 valence electrons. The Morgan fingerprint density at radius 3 is 2.88 bits per heavy atom. The summed E-state index contributed by atoms with van der Waals surface area (Å²) in [5.74, 6) is 0.656. The lowest BCUT2D eigenvalue weighted by Gasteiger charge is -2.47. The van der Waals surface area contributed by atoms with Gasteiger partial charge in [0.15, 0.2) is 0 Å². The summed E-state index contributed by atoms with van der Waals surface area (Å²) < 4.78 is 0. The molecule has 1 fully saturated rings. The standard InChI is InChI=1S/C21H24N2S/c1-5-21(4)11-10-15(14(2)3)19(20(21)24-13-22)17-12-23-18-9-7-6-8-16(17)18/h5-9,12,15,19-20,23H,1-2,10-11H2,3-4H3. The van der Waals surface area contributed by atoms with Gasteiger partial charge in [0.25, 0.3) is 0 Å². The molecule has 0 amide bonds. The fraction of sp³-hybridized carbons (Fsp3) is 0.381. The first-order valence-corrected chi connectivity index (χ1v) is 9.29. The first-order chi connectivity index (χ1) is 11.5. The number of fused-ring (bicyclic) bond motifs is 1. The van der Waals surface area contributed by atoms with E-state index in [1.165, 1.54) is 28.3 Å². The minimum absolute atomic E-state index is 0.0462. The number of nitriles is 1. The fourth-order valence-electron chi connectivity index (χ4n) is 4.19. The number of benzene rings is 1. The van der Waals surface area contributed by atoms with Gasteiger partial charge in [-0.2, -0.15) is 5.26 Å². The highest BCUT2D eigenvalue weighted by atomic mass is 32.2. The number of nitrogens with one attached hydrogen (secondary N) is 1. The van der Waals surface area contributed by atoms with Gasteiger partial charge in [0.2, 0.25) is 0 Å². The van der Waals surface area contributed by atoms with Gasteiger partial charge in [0.05, 0.1) is 0 Å². The molecule has 1 aromatic carbocycles. The molecule has 1 aromatic heterocycles.